The van der Waals surface area contributed by atoms with Crippen molar-refractivity contribution in [2.45, 2.75) is 19.9 Å². The van der Waals surface area contributed by atoms with Crippen molar-refractivity contribution >= 4 is 22.6 Å². The van der Waals surface area contributed by atoms with Crippen LogP contribution in [0.4, 0.5) is 14.9 Å². The molecule has 3 aromatic rings. The zero-order valence-electron chi connectivity index (χ0n) is 17.6. The van der Waals surface area contributed by atoms with E-state index in [0.717, 1.165) is 29.4 Å². The normalized spacial score (nSPS) is 11.1. The summed E-state index contributed by atoms with van der Waals surface area (Å²) in [7, 11) is 4.11. The number of rotatable bonds is 7. The Hall–Kier alpha value is -3.19. The minimum Gasteiger partial charge on any atom is -0.340 e. The number of hydrogen-bond donors (Lipinski definition) is 3. The van der Waals surface area contributed by atoms with Crippen LogP contribution >= 0.6 is 0 Å². The number of urea groups is 1. The second kappa shape index (κ2) is 9.54. The van der Waals surface area contributed by atoms with Crippen molar-refractivity contribution in [3.63, 3.8) is 0 Å². The first-order chi connectivity index (χ1) is 14.3. The third kappa shape index (κ3) is 5.67. The maximum atomic E-state index is 13.1. The largest absolute Gasteiger partial charge is 0.340 e. The van der Waals surface area contributed by atoms with Crippen LogP contribution in [-0.2, 0) is 6.54 Å². The quantitative estimate of drug-likeness (QED) is 0.559. The van der Waals surface area contributed by atoms with Crippen LogP contribution in [0, 0.1) is 12.7 Å². The van der Waals surface area contributed by atoms with Crippen molar-refractivity contribution in [2.24, 2.45) is 0 Å². The number of aromatic nitrogens is 1. The molecule has 7 heteroatoms. The van der Waals surface area contributed by atoms with E-state index in [4.69, 9.17) is 0 Å². The molecular weight excluding hydrogens is 383 g/mol. The lowest BCUT2D eigenvalue weighted by molar-refractivity contribution is -0.858. The molecule has 0 aliphatic rings. The van der Waals surface area contributed by atoms with Gasteiger partial charge in [0.05, 0.1) is 27.2 Å². The molecule has 6 nitrogen and oxygen atoms in total. The van der Waals surface area contributed by atoms with Gasteiger partial charge < -0.3 is 20.1 Å². The van der Waals surface area contributed by atoms with Gasteiger partial charge in [0.2, 0.25) is 0 Å². The summed E-state index contributed by atoms with van der Waals surface area (Å²) in [4.78, 5) is 31.3. The molecule has 0 fully saturated rings. The summed E-state index contributed by atoms with van der Waals surface area (Å²) < 4.78 is 13.1. The number of halogens is 1. The standard InChI is InChI=1S/C23H27FN4O2/c1-16-5-6-17-14-18(22(29)26-21(17)13-16)15-28(12-4-11-27(2)3)23(30)25-20-9-7-19(24)8-10-20/h5-10,13-14H,4,11-12,15H2,1-3H3,(H,25,30)(H,26,29)/p+1. The minimum absolute atomic E-state index is 0.189. The van der Waals surface area contributed by atoms with Crippen LogP contribution in [0.15, 0.2) is 53.3 Å². The Morgan fingerprint density at radius 1 is 1.13 bits per heavy atom. The summed E-state index contributed by atoms with van der Waals surface area (Å²) in [6.07, 6.45) is 0.795. The molecule has 0 aliphatic carbocycles. The Morgan fingerprint density at radius 3 is 2.57 bits per heavy atom. The lowest BCUT2D eigenvalue weighted by Gasteiger charge is -2.23. The van der Waals surface area contributed by atoms with Gasteiger partial charge in [-0.15, -0.1) is 0 Å². The monoisotopic (exact) mass is 411 g/mol. The Balaban J connectivity index is 1.82. The Kier molecular flexibility index (Phi) is 6.84. The smallest absolute Gasteiger partial charge is 0.322 e. The average molecular weight is 412 g/mol. The molecule has 1 aromatic heterocycles. The Morgan fingerprint density at radius 2 is 1.87 bits per heavy atom. The van der Waals surface area contributed by atoms with E-state index in [0.29, 0.717) is 17.8 Å². The molecule has 0 spiro atoms. The van der Waals surface area contributed by atoms with Gasteiger partial charge in [0.15, 0.2) is 0 Å². The molecule has 3 rings (SSSR count). The molecule has 2 aromatic carbocycles. The van der Waals surface area contributed by atoms with Gasteiger partial charge in [0.1, 0.15) is 5.82 Å². The molecule has 0 atom stereocenters. The van der Waals surface area contributed by atoms with E-state index < -0.39 is 0 Å². The van der Waals surface area contributed by atoms with E-state index >= 15 is 0 Å². The topological polar surface area (TPSA) is 69.6 Å². The summed E-state index contributed by atoms with van der Waals surface area (Å²) in [6, 6.07) is 13.0. The van der Waals surface area contributed by atoms with Crippen LogP contribution in [0.2, 0.25) is 0 Å². The average Bonchev–Trinajstić information content (AvgIpc) is 2.69. The van der Waals surface area contributed by atoms with E-state index in [1.165, 1.54) is 29.2 Å². The number of aromatic amines is 1. The van der Waals surface area contributed by atoms with Crippen LogP contribution in [0.3, 0.4) is 0 Å². The fourth-order valence-electron chi connectivity index (χ4n) is 3.29. The zero-order chi connectivity index (χ0) is 21.7. The predicted octanol–water partition coefficient (Wildman–Crippen LogP) is 2.54. The van der Waals surface area contributed by atoms with E-state index in [9.17, 15) is 14.0 Å². The van der Waals surface area contributed by atoms with Crippen LogP contribution in [0.1, 0.15) is 17.5 Å². The number of carbonyl (C=O) groups excluding carboxylic acids is 1. The summed E-state index contributed by atoms with van der Waals surface area (Å²) in [5.74, 6) is -0.364. The number of aryl methyl sites for hydroxylation is 1. The number of benzene rings is 2. The van der Waals surface area contributed by atoms with Gasteiger partial charge in [-0.25, -0.2) is 9.18 Å². The van der Waals surface area contributed by atoms with E-state index in [1.54, 1.807) is 4.90 Å². The van der Waals surface area contributed by atoms with Gasteiger partial charge in [-0.3, -0.25) is 4.79 Å². The van der Waals surface area contributed by atoms with Crippen LogP contribution in [-0.4, -0.2) is 43.1 Å². The lowest BCUT2D eigenvalue weighted by Crippen LogP contribution is -3.05. The second-order valence-electron chi connectivity index (χ2n) is 7.88. The van der Waals surface area contributed by atoms with E-state index in [1.807, 2.05) is 31.2 Å². The van der Waals surface area contributed by atoms with Crippen molar-refractivity contribution in [1.29, 1.82) is 0 Å². The fourth-order valence-corrected chi connectivity index (χ4v) is 3.29. The number of quaternary nitrogens is 1. The second-order valence-corrected chi connectivity index (χ2v) is 7.88. The number of fused-ring (bicyclic) bond motifs is 1. The highest BCUT2D eigenvalue weighted by atomic mass is 19.1. The number of amides is 2. The predicted molar refractivity (Wildman–Crippen MR) is 117 cm³/mol. The maximum absolute atomic E-state index is 13.1. The lowest BCUT2D eigenvalue weighted by atomic mass is 10.1. The summed E-state index contributed by atoms with van der Waals surface area (Å²) in [5.41, 5.74) is 2.68. The van der Waals surface area contributed by atoms with Gasteiger partial charge >= 0.3 is 6.03 Å². The van der Waals surface area contributed by atoms with Gasteiger partial charge in [-0.05, 0) is 54.3 Å². The number of nitrogens with one attached hydrogen (secondary N) is 3. The Labute approximate surface area is 175 Å². The maximum Gasteiger partial charge on any atom is 0.322 e. The first kappa shape index (κ1) is 21.5. The number of anilines is 1. The molecule has 0 saturated heterocycles. The first-order valence-corrected chi connectivity index (χ1v) is 10.0. The van der Waals surface area contributed by atoms with Crippen molar-refractivity contribution in [1.82, 2.24) is 9.88 Å². The van der Waals surface area contributed by atoms with Crippen molar-refractivity contribution < 1.29 is 14.1 Å². The molecule has 158 valence electrons. The number of nitrogens with zero attached hydrogens (tertiary/aromatic N) is 1. The van der Waals surface area contributed by atoms with Crippen molar-refractivity contribution in [2.75, 3.05) is 32.5 Å². The van der Waals surface area contributed by atoms with Crippen LogP contribution in [0.25, 0.3) is 10.9 Å². The SMILES string of the molecule is Cc1ccc2cc(CN(CCC[NH+](C)C)C(=O)Nc3ccc(F)cc3)c(=O)[nH]c2c1. The third-order valence-electron chi connectivity index (χ3n) is 4.93. The molecule has 0 aliphatic heterocycles. The molecule has 2 amide bonds. The number of hydrogen-bond acceptors (Lipinski definition) is 2. The molecule has 0 bridgehead atoms. The molecule has 0 radical (unpaired) electrons. The first-order valence-electron chi connectivity index (χ1n) is 10.0. The molecule has 0 saturated carbocycles. The number of H-pyrrole nitrogens is 1. The highest BCUT2D eigenvalue weighted by molar-refractivity contribution is 5.89. The van der Waals surface area contributed by atoms with Gasteiger partial charge in [-0.1, -0.05) is 12.1 Å². The molecular formula is C23H28FN4O2+. The van der Waals surface area contributed by atoms with Gasteiger partial charge in [-0.2, -0.15) is 0 Å². The number of pyridine rings is 1. The summed E-state index contributed by atoms with van der Waals surface area (Å²) in [5, 5.41) is 3.72. The van der Waals surface area contributed by atoms with Crippen LogP contribution in [0.5, 0.6) is 0 Å². The molecule has 0 unspecified atom stereocenters. The van der Waals surface area contributed by atoms with E-state index in [2.05, 4.69) is 24.4 Å². The molecule has 3 N–H and O–H groups in total. The minimum atomic E-state index is -0.364. The highest BCUT2D eigenvalue weighted by Gasteiger charge is 2.17. The number of carbonyl (C=O) groups is 1. The highest BCUT2D eigenvalue weighted by Crippen LogP contribution is 2.15. The zero-order valence-corrected chi connectivity index (χ0v) is 17.6. The van der Waals surface area contributed by atoms with Crippen molar-refractivity contribution in [3.05, 3.63) is 75.8 Å². The summed E-state index contributed by atoms with van der Waals surface area (Å²) >= 11 is 0. The fraction of sp³-hybridized carbons (Fsp3) is 0.304. The van der Waals surface area contributed by atoms with Gasteiger partial charge in [0.25, 0.3) is 5.56 Å². The molecule has 30 heavy (non-hydrogen) atoms. The van der Waals surface area contributed by atoms with Crippen molar-refractivity contribution in [3.8, 4) is 0 Å². The van der Waals surface area contributed by atoms with Gasteiger partial charge in [0, 0.05) is 29.7 Å². The summed E-state index contributed by atoms with van der Waals surface area (Å²) in [6.45, 7) is 3.56. The third-order valence-corrected chi connectivity index (χ3v) is 4.93. The van der Waals surface area contributed by atoms with E-state index in [-0.39, 0.29) is 24.0 Å². The Bertz CT molecular complexity index is 1080. The van der Waals surface area contributed by atoms with Crippen LogP contribution < -0.4 is 15.8 Å². The molecule has 1 heterocycles.